The summed E-state index contributed by atoms with van der Waals surface area (Å²) in [5.41, 5.74) is 6.06. The van der Waals surface area contributed by atoms with Gasteiger partial charge in [-0.2, -0.15) is 0 Å². The highest BCUT2D eigenvalue weighted by Crippen LogP contribution is 2.27. The number of thiazole rings is 1. The number of benzene rings is 2. The lowest BCUT2D eigenvalue weighted by molar-refractivity contribution is 0.103. The highest BCUT2D eigenvalue weighted by atomic mass is 32.1. The molecule has 0 bridgehead atoms. The van der Waals surface area contributed by atoms with Gasteiger partial charge in [0.2, 0.25) is 0 Å². The van der Waals surface area contributed by atoms with E-state index < -0.39 is 0 Å². The monoisotopic (exact) mass is 347 g/mol. The van der Waals surface area contributed by atoms with Crippen LogP contribution in [0.15, 0.2) is 66.4 Å². The minimum Gasteiger partial charge on any atom is -0.341 e. The zero-order chi connectivity index (χ0) is 17.2. The topological polar surface area (TPSA) is 46.9 Å². The number of hydrogen-bond donors (Lipinski definition) is 1. The predicted octanol–water partition coefficient (Wildman–Crippen LogP) is 4.71. The van der Waals surface area contributed by atoms with Crippen LogP contribution in [0, 0.1) is 6.92 Å². The Balaban J connectivity index is 1.68. The fourth-order valence-electron chi connectivity index (χ4n) is 2.88. The summed E-state index contributed by atoms with van der Waals surface area (Å²) in [7, 11) is 0. The van der Waals surface area contributed by atoms with Gasteiger partial charge in [-0.1, -0.05) is 48.0 Å². The molecule has 2 aromatic heterocycles. The van der Waals surface area contributed by atoms with E-state index in [0.717, 1.165) is 23.1 Å². The van der Waals surface area contributed by atoms with Gasteiger partial charge >= 0.3 is 0 Å². The Labute approximate surface area is 149 Å². The number of rotatable bonds is 4. The van der Waals surface area contributed by atoms with E-state index in [-0.39, 0.29) is 5.91 Å². The van der Waals surface area contributed by atoms with Gasteiger partial charge in [0.05, 0.1) is 22.9 Å². The van der Waals surface area contributed by atoms with E-state index in [1.807, 2.05) is 24.4 Å². The average molecular weight is 347 g/mol. The number of nitrogens with zero attached hydrogens (tertiary/aromatic N) is 2. The molecule has 0 saturated heterocycles. The molecular formula is C20H17N3OS. The van der Waals surface area contributed by atoms with Crippen molar-refractivity contribution in [2.24, 2.45) is 0 Å². The van der Waals surface area contributed by atoms with Gasteiger partial charge in [-0.05, 0) is 18.6 Å². The molecule has 4 rings (SSSR count). The van der Waals surface area contributed by atoms with Crippen molar-refractivity contribution in [2.75, 3.05) is 5.32 Å². The Kier molecular flexibility index (Phi) is 4.07. The summed E-state index contributed by atoms with van der Waals surface area (Å²) in [6, 6.07) is 16.6. The van der Waals surface area contributed by atoms with Gasteiger partial charge in [-0.25, -0.2) is 0 Å². The molecule has 2 heterocycles. The van der Waals surface area contributed by atoms with Gasteiger partial charge < -0.3 is 9.88 Å². The zero-order valence-electron chi connectivity index (χ0n) is 13.8. The van der Waals surface area contributed by atoms with Crippen LogP contribution < -0.4 is 5.32 Å². The van der Waals surface area contributed by atoms with Gasteiger partial charge in [-0.3, -0.25) is 9.78 Å². The fraction of sp³-hybridized carbons (Fsp3) is 0.100. The van der Waals surface area contributed by atoms with E-state index in [0.29, 0.717) is 4.88 Å². The van der Waals surface area contributed by atoms with Crippen molar-refractivity contribution < 1.29 is 4.79 Å². The molecule has 2 aromatic carbocycles. The maximum Gasteiger partial charge on any atom is 0.267 e. The lowest BCUT2D eigenvalue weighted by Gasteiger charge is -2.05. The van der Waals surface area contributed by atoms with E-state index in [9.17, 15) is 4.79 Å². The van der Waals surface area contributed by atoms with Crippen molar-refractivity contribution >= 4 is 33.8 Å². The summed E-state index contributed by atoms with van der Waals surface area (Å²) in [6.07, 6.45) is 3.59. The molecule has 0 aliphatic carbocycles. The summed E-state index contributed by atoms with van der Waals surface area (Å²) in [5, 5.41) is 4.05. The summed E-state index contributed by atoms with van der Waals surface area (Å²) in [4.78, 5) is 16.9. The van der Waals surface area contributed by atoms with Crippen molar-refractivity contribution in [1.82, 2.24) is 9.55 Å². The molecular weight excluding hydrogens is 330 g/mol. The van der Waals surface area contributed by atoms with E-state index in [1.165, 1.54) is 22.5 Å². The molecule has 0 saturated carbocycles. The van der Waals surface area contributed by atoms with E-state index in [2.05, 4.69) is 52.1 Å². The second-order valence-corrected chi connectivity index (χ2v) is 6.88. The molecule has 1 amide bonds. The third-order valence-corrected chi connectivity index (χ3v) is 4.94. The molecule has 1 N–H and O–H groups in total. The average Bonchev–Trinajstić information content (AvgIpc) is 3.27. The summed E-state index contributed by atoms with van der Waals surface area (Å²) in [6.45, 7) is 2.85. The Hall–Kier alpha value is -2.92. The Morgan fingerprint density at radius 3 is 2.72 bits per heavy atom. The largest absolute Gasteiger partial charge is 0.341 e. The van der Waals surface area contributed by atoms with E-state index in [1.54, 1.807) is 11.7 Å². The number of aryl methyl sites for hydroxylation is 1. The zero-order valence-corrected chi connectivity index (χ0v) is 14.6. The molecule has 0 fully saturated rings. The number of anilines is 1. The highest BCUT2D eigenvalue weighted by molar-refractivity contribution is 7.11. The molecule has 0 unspecified atom stereocenters. The maximum atomic E-state index is 12.4. The number of amides is 1. The van der Waals surface area contributed by atoms with Gasteiger partial charge in [0.25, 0.3) is 5.91 Å². The first-order valence-corrected chi connectivity index (χ1v) is 8.92. The minimum atomic E-state index is -0.124. The van der Waals surface area contributed by atoms with Gasteiger partial charge in [0.1, 0.15) is 4.88 Å². The summed E-state index contributed by atoms with van der Waals surface area (Å²) >= 11 is 1.34. The van der Waals surface area contributed by atoms with Crippen LogP contribution in [-0.2, 0) is 6.54 Å². The van der Waals surface area contributed by atoms with Crippen LogP contribution in [0.1, 0.15) is 20.8 Å². The molecule has 25 heavy (non-hydrogen) atoms. The smallest absolute Gasteiger partial charge is 0.267 e. The molecule has 4 nitrogen and oxygen atoms in total. The van der Waals surface area contributed by atoms with Gasteiger partial charge in [-0.15, -0.1) is 11.3 Å². The van der Waals surface area contributed by atoms with Crippen LogP contribution in [0.3, 0.4) is 0 Å². The summed E-state index contributed by atoms with van der Waals surface area (Å²) < 4.78 is 2.17. The SMILES string of the molecule is Cc1ccc(Cn2cc(NC(=O)c3cncs3)c3ccccc32)cc1. The van der Waals surface area contributed by atoms with Crippen molar-refractivity contribution in [3.05, 3.63) is 82.4 Å². The van der Waals surface area contributed by atoms with Crippen molar-refractivity contribution in [1.29, 1.82) is 0 Å². The Morgan fingerprint density at radius 2 is 1.96 bits per heavy atom. The van der Waals surface area contributed by atoms with Crippen molar-refractivity contribution in [2.45, 2.75) is 13.5 Å². The predicted molar refractivity (Wildman–Crippen MR) is 102 cm³/mol. The van der Waals surface area contributed by atoms with Crippen LogP contribution in [0.5, 0.6) is 0 Å². The quantitative estimate of drug-likeness (QED) is 0.581. The number of nitrogens with one attached hydrogen (secondary N) is 1. The van der Waals surface area contributed by atoms with Gasteiger partial charge in [0.15, 0.2) is 0 Å². The minimum absolute atomic E-state index is 0.124. The molecule has 0 aliphatic rings. The van der Waals surface area contributed by atoms with Crippen LogP contribution in [0.4, 0.5) is 5.69 Å². The van der Waals surface area contributed by atoms with Crippen LogP contribution in [-0.4, -0.2) is 15.5 Å². The van der Waals surface area contributed by atoms with Gasteiger partial charge in [0, 0.05) is 18.1 Å². The second kappa shape index (κ2) is 6.53. The molecule has 0 aliphatic heterocycles. The maximum absolute atomic E-state index is 12.4. The number of carbonyl (C=O) groups excluding carboxylic acids is 1. The van der Waals surface area contributed by atoms with Crippen molar-refractivity contribution in [3.63, 3.8) is 0 Å². The van der Waals surface area contributed by atoms with Crippen LogP contribution >= 0.6 is 11.3 Å². The lowest BCUT2D eigenvalue weighted by atomic mass is 10.1. The first-order valence-electron chi connectivity index (χ1n) is 8.04. The third-order valence-electron chi connectivity index (χ3n) is 4.17. The van der Waals surface area contributed by atoms with Crippen LogP contribution in [0.25, 0.3) is 10.9 Å². The third kappa shape index (κ3) is 3.19. The molecule has 4 aromatic rings. The molecule has 124 valence electrons. The summed E-state index contributed by atoms with van der Waals surface area (Å²) in [5.74, 6) is -0.124. The Morgan fingerprint density at radius 1 is 1.16 bits per heavy atom. The fourth-order valence-corrected chi connectivity index (χ4v) is 3.39. The Bertz CT molecular complexity index is 1020. The normalized spacial score (nSPS) is 10.9. The second-order valence-electron chi connectivity index (χ2n) is 5.99. The van der Waals surface area contributed by atoms with E-state index in [4.69, 9.17) is 0 Å². The highest BCUT2D eigenvalue weighted by Gasteiger charge is 2.13. The molecule has 5 heteroatoms. The van der Waals surface area contributed by atoms with E-state index >= 15 is 0 Å². The molecule has 0 atom stereocenters. The van der Waals surface area contributed by atoms with Crippen molar-refractivity contribution in [3.8, 4) is 0 Å². The first-order chi connectivity index (χ1) is 12.2. The first kappa shape index (κ1) is 15.6. The number of hydrogen-bond acceptors (Lipinski definition) is 3. The molecule has 0 radical (unpaired) electrons. The number of fused-ring (bicyclic) bond motifs is 1. The number of para-hydroxylation sites is 1. The number of aromatic nitrogens is 2. The lowest BCUT2D eigenvalue weighted by Crippen LogP contribution is -2.09. The molecule has 0 spiro atoms. The standard InChI is InChI=1S/C20H17N3OS/c1-14-6-8-15(9-7-14)11-23-12-17(16-4-2-3-5-18(16)23)22-20(24)19-10-21-13-25-19/h2-10,12-13H,11H2,1H3,(H,22,24). The van der Waals surface area contributed by atoms with Crippen LogP contribution in [0.2, 0.25) is 0 Å². The number of carbonyl (C=O) groups is 1.